The molecule has 0 heterocycles. The highest BCUT2D eigenvalue weighted by Gasteiger charge is 2.48. The predicted octanol–water partition coefficient (Wildman–Crippen LogP) is 1.74. The van der Waals surface area contributed by atoms with Crippen LogP contribution in [0.1, 0.15) is 32.1 Å². The maximum absolute atomic E-state index is 5.70. The van der Waals surface area contributed by atoms with Crippen LogP contribution < -0.4 is 5.73 Å². The third-order valence-electron chi connectivity index (χ3n) is 4.43. The Morgan fingerprint density at radius 1 is 0.923 bits per heavy atom. The summed E-state index contributed by atoms with van der Waals surface area (Å²) in [6.07, 6.45) is 7.75. The van der Waals surface area contributed by atoms with Gasteiger partial charge in [-0.25, -0.2) is 0 Å². The molecule has 2 nitrogen and oxygen atoms in total. The van der Waals surface area contributed by atoms with Crippen LogP contribution in [0.3, 0.4) is 0 Å². The SMILES string of the molecule is NCOC1C2CC3CC(C2)CC1C3. The van der Waals surface area contributed by atoms with Gasteiger partial charge in [0.15, 0.2) is 0 Å². The zero-order chi connectivity index (χ0) is 8.84. The molecule has 4 rings (SSSR count). The smallest absolute Gasteiger partial charge is 0.0944 e. The molecule has 74 valence electrons. The highest BCUT2D eigenvalue weighted by atomic mass is 16.5. The lowest BCUT2D eigenvalue weighted by molar-refractivity contribution is -0.124. The lowest BCUT2D eigenvalue weighted by Gasteiger charge is -2.53. The molecule has 2 heteroatoms. The number of hydrogen-bond acceptors (Lipinski definition) is 2. The van der Waals surface area contributed by atoms with E-state index in [-0.39, 0.29) is 0 Å². The molecule has 0 aromatic rings. The number of nitrogens with two attached hydrogens (primary N) is 1. The van der Waals surface area contributed by atoms with Crippen LogP contribution in [-0.4, -0.2) is 12.8 Å². The van der Waals surface area contributed by atoms with Gasteiger partial charge in [-0.2, -0.15) is 0 Å². The second kappa shape index (κ2) is 2.96. The van der Waals surface area contributed by atoms with Crippen molar-refractivity contribution in [2.24, 2.45) is 29.4 Å². The van der Waals surface area contributed by atoms with Crippen molar-refractivity contribution < 1.29 is 4.74 Å². The summed E-state index contributed by atoms with van der Waals surface area (Å²) in [5.41, 5.74) is 5.49. The lowest BCUT2D eigenvalue weighted by Crippen LogP contribution is -2.49. The van der Waals surface area contributed by atoms with Gasteiger partial charge in [-0.1, -0.05) is 0 Å². The van der Waals surface area contributed by atoms with Crippen LogP contribution in [0.15, 0.2) is 0 Å². The van der Waals surface area contributed by atoms with Gasteiger partial charge < -0.3 is 10.5 Å². The molecule has 4 fully saturated rings. The number of ether oxygens (including phenoxy) is 1. The Labute approximate surface area is 79.8 Å². The minimum Gasteiger partial charge on any atom is -0.363 e. The summed E-state index contributed by atoms with van der Waals surface area (Å²) >= 11 is 0. The summed E-state index contributed by atoms with van der Waals surface area (Å²) in [5.74, 6) is 3.81. The minimum absolute atomic E-state index is 0.424. The Hall–Kier alpha value is -0.0800. The van der Waals surface area contributed by atoms with Gasteiger partial charge in [0.25, 0.3) is 0 Å². The van der Waals surface area contributed by atoms with E-state index in [0.717, 1.165) is 23.7 Å². The third-order valence-corrected chi connectivity index (χ3v) is 4.43. The molecule has 0 aromatic carbocycles. The molecule has 0 amide bonds. The van der Waals surface area contributed by atoms with Crippen molar-refractivity contribution in [3.8, 4) is 0 Å². The summed E-state index contributed by atoms with van der Waals surface area (Å²) < 4.78 is 5.70. The van der Waals surface area contributed by atoms with Crippen molar-refractivity contribution in [2.75, 3.05) is 6.73 Å². The second-order valence-electron chi connectivity index (χ2n) is 5.23. The fourth-order valence-electron chi connectivity index (χ4n) is 4.26. The third kappa shape index (κ3) is 1.23. The number of rotatable bonds is 2. The quantitative estimate of drug-likeness (QED) is 0.659. The summed E-state index contributed by atoms with van der Waals surface area (Å²) in [6, 6.07) is 0. The zero-order valence-corrected chi connectivity index (χ0v) is 8.11. The van der Waals surface area contributed by atoms with E-state index in [1.165, 1.54) is 32.1 Å². The lowest BCUT2D eigenvalue weighted by atomic mass is 9.55. The molecule has 4 aliphatic carbocycles. The van der Waals surface area contributed by atoms with Crippen molar-refractivity contribution in [2.45, 2.75) is 38.2 Å². The van der Waals surface area contributed by atoms with Gasteiger partial charge in [0.05, 0.1) is 12.8 Å². The van der Waals surface area contributed by atoms with E-state index in [1.807, 2.05) is 0 Å². The van der Waals surface area contributed by atoms with Crippen molar-refractivity contribution in [3.63, 3.8) is 0 Å². The first-order valence-electron chi connectivity index (χ1n) is 5.68. The molecule has 0 saturated heterocycles. The number of hydrogen-bond donors (Lipinski definition) is 1. The molecule has 0 radical (unpaired) electrons. The van der Waals surface area contributed by atoms with E-state index >= 15 is 0 Å². The summed E-state index contributed by atoms with van der Waals surface area (Å²) in [7, 11) is 0. The summed E-state index contributed by atoms with van der Waals surface area (Å²) in [6.45, 7) is 0.424. The first-order chi connectivity index (χ1) is 6.36. The molecule has 0 unspecified atom stereocenters. The van der Waals surface area contributed by atoms with Crippen LogP contribution >= 0.6 is 0 Å². The van der Waals surface area contributed by atoms with E-state index in [4.69, 9.17) is 10.5 Å². The largest absolute Gasteiger partial charge is 0.363 e. The van der Waals surface area contributed by atoms with Gasteiger partial charge in [-0.3, -0.25) is 0 Å². The molecule has 4 aliphatic rings. The maximum atomic E-state index is 5.70. The van der Waals surface area contributed by atoms with Crippen LogP contribution in [0.25, 0.3) is 0 Å². The van der Waals surface area contributed by atoms with Crippen molar-refractivity contribution in [1.29, 1.82) is 0 Å². The molecule has 0 spiro atoms. The van der Waals surface area contributed by atoms with Crippen LogP contribution in [0.2, 0.25) is 0 Å². The van der Waals surface area contributed by atoms with Crippen molar-refractivity contribution in [1.82, 2.24) is 0 Å². The Bertz CT molecular complexity index is 176. The standard InChI is InChI=1S/C11H19NO/c12-6-13-11-9-2-7-1-8(4-9)5-10(11)3-7/h7-11H,1-6,12H2. The average molecular weight is 181 g/mol. The van der Waals surface area contributed by atoms with E-state index in [0.29, 0.717) is 12.8 Å². The Kier molecular flexibility index (Phi) is 1.88. The molecule has 2 N–H and O–H groups in total. The molecule has 0 aromatic heterocycles. The molecule has 13 heavy (non-hydrogen) atoms. The topological polar surface area (TPSA) is 35.2 Å². The highest BCUT2D eigenvalue weighted by Crippen LogP contribution is 2.54. The van der Waals surface area contributed by atoms with Crippen LogP contribution in [0.5, 0.6) is 0 Å². The Morgan fingerprint density at radius 2 is 1.46 bits per heavy atom. The zero-order valence-electron chi connectivity index (χ0n) is 8.11. The average Bonchev–Trinajstić information content (AvgIpc) is 2.10. The summed E-state index contributed by atoms with van der Waals surface area (Å²) in [4.78, 5) is 0. The van der Waals surface area contributed by atoms with Crippen LogP contribution in [0.4, 0.5) is 0 Å². The first-order valence-corrected chi connectivity index (χ1v) is 5.68. The van der Waals surface area contributed by atoms with Gasteiger partial charge in [0.2, 0.25) is 0 Å². The fraction of sp³-hybridized carbons (Fsp3) is 1.00. The van der Waals surface area contributed by atoms with Crippen molar-refractivity contribution >= 4 is 0 Å². The van der Waals surface area contributed by atoms with Gasteiger partial charge in [0.1, 0.15) is 0 Å². The van der Waals surface area contributed by atoms with E-state index in [1.54, 1.807) is 0 Å². The van der Waals surface area contributed by atoms with Crippen LogP contribution in [0, 0.1) is 23.7 Å². The predicted molar refractivity (Wildman–Crippen MR) is 51.0 cm³/mol. The Balaban J connectivity index is 1.77. The first kappa shape index (κ1) is 8.25. The van der Waals surface area contributed by atoms with Crippen molar-refractivity contribution in [3.05, 3.63) is 0 Å². The maximum Gasteiger partial charge on any atom is 0.0944 e. The molecule has 0 aliphatic heterocycles. The monoisotopic (exact) mass is 181 g/mol. The van der Waals surface area contributed by atoms with Gasteiger partial charge in [0, 0.05) is 0 Å². The van der Waals surface area contributed by atoms with E-state index < -0.39 is 0 Å². The molecule has 4 bridgehead atoms. The Morgan fingerprint density at radius 3 is 1.92 bits per heavy atom. The fourth-order valence-corrected chi connectivity index (χ4v) is 4.26. The van der Waals surface area contributed by atoms with Gasteiger partial charge in [-0.15, -0.1) is 0 Å². The highest BCUT2D eigenvalue weighted by molar-refractivity contribution is 4.98. The molecular weight excluding hydrogens is 162 g/mol. The van der Waals surface area contributed by atoms with Gasteiger partial charge >= 0.3 is 0 Å². The normalized spacial score (nSPS) is 52.8. The molecule has 4 saturated carbocycles. The van der Waals surface area contributed by atoms with E-state index in [2.05, 4.69) is 0 Å². The summed E-state index contributed by atoms with van der Waals surface area (Å²) in [5, 5.41) is 0. The minimum atomic E-state index is 0.424. The molecular formula is C11H19NO. The van der Waals surface area contributed by atoms with Crippen LogP contribution in [-0.2, 0) is 4.74 Å². The second-order valence-corrected chi connectivity index (χ2v) is 5.23. The van der Waals surface area contributed by atoms with E-state index in [9.17, 15) is 0 Å². The molecule has 0 atom stereocenters. The van der Waals surface area contributed by atoms with Gasteiger partial charge in [-0.05, 0) is 55.8 Å².